The number of nitrogens with zero attached hydrogens (tertiary/aromatic N) is 4. The molecule has 0 amide bonds. The third-order valence-electron chi connectivity index (χ3n) is 3.27. The Morgan fingerprint density at radius 1 is 1.15 bits per heavy atom. The van der Waals surface area contributed by atoms with Crippen LogP contribution < -0.4 is 0 Å². The standard InChI is InChI=1S/C12H22N4O3S/c1-12(2,3)11-14-13-10(19-11)9-15-5-7-16(8-6-15)20(4,17)18/h5-9H2,1-4H3. The zero-order valence-electron chi connectivity index (χ0n) is 12.5. The molecule has 20 heavy (non-hydrogen) atoms. The number of aromatic nitrogens is 2. The van der Waals surface area contributed by atoms with Crippen LogP contribution in [0.25, 0.3) is 0 Å². The van der Waals surface area contributed by atoms with Crippen LogP contribution in [0.4, 0.5) is 0 Å². The summed E-state index contributed by atoms with van der Waals surface area (Å²) in [6.07, 6.45) is 1.25. The van der Waals surface area contributed by atoms with Gasteiger partial charge in [0.1, 0.15) is 0 Å². The molecule has 8 heteroatoms. The van der Waals surface area contributed by atoms with Gasteiger partial charge in [0.25, 0.3) is 0 Å². The average molecular weight is 302 g/mol. The van der Waals surface area contributed by atoms with Gasteiger partial charge in [0, 0.05) is 31.6 Å². The Labute approximate surface area is 120 Å². The minimum atomic E-state index is -3.08. The zero-order valence-corrected chi connectivity index (χ0v) is 13.3. The van der Waals surface area contributed by atoms with Crippen LogP contribution in [0.3, 0.4) is 0 Å². The Bertz CT molecular complexity index is 554. The molecule has 1 aromatic rings. The second kappa shape index (κ2) is 5.42. The molecule has 0 saturated carbocycles. The normalized spacial score (nSPS) is 19.4. The molecule has 0 N–H and O–H groups in total. The number of hydrogen-bond acceptors (Lipinski definition) is 6. The van der Waals surface area contributed by atoms with Crippen LogP contribution in [-0.2, 0) is 22.0 Å². The maximum Gasteiger partial charge on any atom is 0.230 e. The van der Waals surface area contributed by atoms with Gasteiger partial charge in [-0.15, -0.1) is 10.2 Å². The van der Waals surface area contributed by atoms with Gasteiger partial charge in [0.2, 0.25) is 21.8 Å². The molecule has 1 aromatic heterocycles. The lowest BCUT2D eigenvalue weighted by atomic mass is 9.97. The van der Waals surface area contributed by atoms with Gasteiger partial charge in [0.15, 0.2) is 0 Å². The molecule has 7 nitrogen and oxygen atoms in total. The lowest BCUT2D eigenvalue weighted by Crippen LogP contribution is -2.47. The van der Waals surface area contributed by atoms with E-state index in [9.17, 15) is 8.42 Å². The summed E-state index contributed by atoms with van der Waals surface area (Å²) in [5.41, 5.74) is -0.153. The van der Waals surface area contributed by atoms with E-state index >= 15 is 0 Å². The molecule has 0 unspecified atom stereocenters. The van der Waals surface area contributed by atoms with Crippen LogP contribution >= 0.6 is 0 Å². The van der Waals surface area contributed by atoms with Gasteiger partial charge < -0.3 is 4.42 Å². The first-order valence-electron chi connectivity index (χ1n) is 6.66. The predicted octanol–water partition coefficient (Wildman–Crippen LogP) is 0.444. The van der Waals surface area contributed by atoms with Crippen molar-refractivity contribution >= 4 is 10.0 Å². The molecule has 2 heterocycles. The first-order valence-corrected chi connectivity index (χ1v) is 8.51. The first-order chi connectivity index (χ1) is 9.16. The molecule has 114 valence electrons. The first kappa shape index (κ1) is 15.4. The fraction of sp³-hybridized carbons (Fsp3) is 0.833. The fourth-order valence-electron chi connectivity index (χ4n) is 2.03. The van der Waals surface area contributed by atoms with Gasteiger partial charge in [-0.05, 0) is 0 Å². The van der Waals surface area contributed by atoms with Crippen molar-refractivity contribution in [2.75, 3.05) is 32.4 Å². The maximum atomic E-state index is 11.4. The molecule has 2 rings (SSSR count). The number of piperazine rings is 1. The monoisotopic (exact) mass is 302 g/mol. The van der Waals surface area contributed by atoms with Crippen molar-refractivity contribution in [3.63, 3.8) is 0 Å². The minimum Gasteiger partial charge on any atom is -0.423 e. The summed E-state index contributed by atoms with van der Waals surface area (Å²) in [5, 5.41) is 8.11. The van der Waals surface area contributed by atoms with E-state index in [0.717, 1.165) is 0 Å². The quantitative estimate of drug-likeness (QED) is 0.806. The smallest absolute Gasteiger partial charge is 0.230 e. The fourth-order valence-corrected chi connectivity index (χ4v) is 2.86. The summed E-state index contributed by atoms with van der Waals surface area (Å²) < 4.78 is 30.0. The second-order valence-electron chi connectivity index (χ2n) is 6.19. The molecule has 1 aliphatic rings. The van der Waals surface area contributed by atoms with Crippen molar-refractivity contribution in [1.29, 1.82) is 0 Å². The molecule has 1 fully saturated rings. The van der Waals surface area contributed by atoms with Crippen LogP contribution in [0.15, 0.2) is 4.42 Å². The van der Waals surface area contributed by atoms with Crippen molar-refractivity contribution in [3.8, 4) is 0 Å². The van der Waals surface area contributed by atoms with Gasteiger partial charge in [-0.25, -0.2) is 8.42 Å². The van der Waals surface area contributed by atoms with Crippen LogP contribution in [0.1, 0.15) is 32.6 Å². The summed E-state index contributed by atoms with van der Waals surface area (Å²) in [6, 6.07) is 0. The Kier molecular flexibility index (Phi) is 4.17. The highest BCUT2D eigenvalue weighted by atomic mass is 32.2. The van der Waals surface area contributed by atoms with Gasteiger partial charge in [-0.2, -0.15) is 4.31 Å². The van der Waals surface area contributed by atoms with E-state index in [1.807, 2.05) is 20.8 Å². The highest BCUT2D eigenvalue weighted by Gasteiger charge is 2.26. The molecular weight excluding hydrogens is 280 g/mol. The topological polar surface area (TPSA) is 79.5 Å². The van der Waals surface area contributed by atoms with Crippen molar-refractivity contribution in [2.45, 2.75) is 32.7 Å². The van der Waals surface area contributed by atoms with E-state index < -0.39 is 10.0 Å². The van der Waals surface area contributed by atoms with E-state index in [1.165, 1.54) is 10.6 Å². The van der Waals surface area contributed by atoms with E-state index in [4.69, 9.17) is 4.42 Å². The largest absolute Gasteiger partial charge is 0.423 e. The number of hydrogen-bond donors (Lipinski definition) is 0. The van der Waals surface area contributed by atoms with E-state index in [-0.39, 0.29) is 5.41 Å². The van der Waals surface area contributed by atoms with Crippen molar-refractivity contribution in [2.24, 2.45) is 0 Å². The summed E-state index contributed by atoms with van der Waals surface area (Å²) in [7, 11) is -3.08. The SMILES string of the molecule is CC(C)(C)c1nnc(CN2CCN(S(C)(=O)=O)CC2)o1. The molecule has 0 atom stereocenters. The Hall–Kier alpha value is -0.990. The predicted molar refractivity (Wildman–Crippen MR) is 74.7 cm³/mol. The average Bonchev–Trinajstić information content (AvgIpc) is 2.77. The molecule has 0 radical (unpaired) electrons. The molecule has 1 aliphatic heterocycles. The molecule has 0 aliphatic carbocycles. The lowest BCUT2D eigenvalue weighted by molar-refractivity contribution is 0.166. The maximum absolute atomic E-state index is 11.4. The van der Waals surface area contributed by atoms with E-state index in [2.05, 4.69) is 15.1 Å². The van der Waals surface area contributed by atoms with E-state index in [1.54, 1.807) is 0 Å². The van der Waals surface area contributed by atoms with Gasteiger partial charge in [-0.3, -0.25) is 4.90 Å². The highest BCUT2D eigenvalue weighted by Crippen LogP contribution is 2.21. The molecule has 0 aromatic carbocycles. The lowest BCUT2D eigenvalue weighted by Gasteiger charge is -2.32. The Morgan fingerprint density at radius 2 is 1.75 bits per heavy atom. The minimum absolute atomic E-state index is 0.153. The number of rotatable bonds is 3. The summed E-state index contributed by atoms with van der Waals surface area (Å²) >= 11 is 0. The second-order valence-corrected chi connectivity index (χ2v) is 8.17. The van der Waals surface area contributed by atoms with Crippen LogP contribution in [0.2, 0.25) is 0 Å². The van der Waals surface area contributed by atoms with Crippen LogP contribution in [0.5, 0.6) is 0 Å². The van der Waals surface area contributed by atoms with Crippen LogP contribution in [-0.4, -0.2) is 60.3 Å². The van der Waals surface area contributed by atoms with Crippen molar-refractivity contribution < 1.29 is 12.8 Å². The third kappa shape index (κ3) is 3.77. The van der Waals surface area contributed by atoms with Crippen LogP contribution in [0, 0.1) is 0 Å². The van der Waals surface area contributed by atoms with Gasteiger partial charge >= 0.3 is 0 Å². The molecular formula is C12H22N4O3S. The molecule has 0 bridgehead atoms. The van der Waals surface area contributed by atoms with Gasteiger partial charge in [-0.1, -0.05) is 20.8 Å². The van der Waals surface area contributed by atoms with Crippen molar-refractivity contribution in [1.82, 2.24) is 19.4 Å². The van der Waals surface area contributed by atoms with Gasteiger partial charge in [0.05, 0.1) is 12.8 Å². The van der Waals surface area contributed by atoms with Crippen molar-refractivity contribution in [3.05, 3.63) is 11.8 Å². The Balaban J connectivity index is 1.92. The molecule has 1 saturated heterocycles. The highest BCUT2D eigenvalue weighted by molar-refractivity contribution is 7.88. The summed E-state index contributed by atoms with van der Waals surface area (Å²) in [5.74, 6) is 1.21. The number of sulfonamides is 1. The van der Waals surface area contributed by atoms with E-state index in [0.29, 0.717) is 44.5 Å². The molecule has 0 spiro atoms. The summed E-state index contributed by atoms with van der Waals surface area (Å²) in [6.45, 7) is 9.03. The third-order valence-corrected chi connectivity index (χ3v) is 4.57. The zero-order chi connectivity index (χ0) is 15.0. The summed E-state index contributed by atoms with van der Waals surface area (Å²) in [4.78, 5) is 2.13. The Morgan fingerprint density at radius 3 is 2.20 bits per heavy atom.